The Labute approximate surface area is 141 Å². The Morgan fingerprint density at radius 2 is 1.78 bits per heavy atom. The molecule has 23 heavy (non-hydrogen) atoms. The molecule has 0 saturated heterocycles. The van der Waals surface area contributed by atoms with Crippen LogP contribution in [0.15, 0.2) is 54.6 Å². The van der Waals surface area contributed by atoms with Crippen molar-refractivity contribution < 1.29 is 14.6 Å². The minimum atomic E-state index is -1.20. The van der Waals surface area contributed by atoms with Gasteiger partial charge >= 0.3 is 0 Å². The van der Waals surface area contributed by atoms with Crippen LogP contribution in [-0.4, -0.2) is 24.7 Å². The highest BCUT2D eigenvalue weighted by Gasteiger charge is 2.21. The van der Waals surface area contributed by atoms with E-state index in [1.807, 2.05) is 18.2 Å². The van der Waals surface area contributed by atoms with Crippen LogP contribution in [0.1, 0.15) is 29.7 Å². The van der Waals surface area contributed by atoms with E-state index in [0.717, 1.165) is 5.56 Å². The predicted octanol–water partition coefficient (Wildman–Crippen LogP) is 3.27. The van der Waals surface area contributed by atoms with Crippen LogP contribution in [0, 0.1) is 0 Å². The summed E-state index contributed by atoms with van der Waals surface area (Å²) in [6.07, 6.45) is -0.598. The molecular formula is C18H20ClNO3. The van der Waals surface area contributed by atoms with Gasteiger partial charge in [0.15, 0.2) is 6.10 Å². The van der Waals surface area contributed by atoms with Crippen molar-refractivity contribution in [1.29, 1.82) is 0 Å². The Kier molecular flexibility index (Phi) is 6.59. The third-order valence-electron chi connectivity index (χ3n) is 3.56. The van der Waals surface area contributed by atoms with Gasteiger partial charge < -0.3 is 15.2 Å². The van der Waals surface area contributed by atoms with Crippen LogP contribution in [0.4, 0.5) is 0 Å². The average Bonchev–Trinajstić information content (AvgIpc) is 2.59. The van der Waals surface area contributed by atoms with Crippen molar-refractivity contribution >= 4 is 17.5 Å². The first kappa shape index (κ1) is 17.5. The summed E-state index contributed by atoms with van der Waals surface area (Å²) in [6, 6.07) is 15.9. The Hall–Kier alpha value is -1.88. The molecule has 0 aromatic heterocycles. The van der Waals surface area contributed by atoms with E-state index in [-0.39, 0.29) is 6.04 Å². The lowest BCUT2D eigenvalue weighted by atomic mass is 10.0. The van der Waals surface area contributed by atoms with Gasteiger partial charge in [0.25, 0.3) is 5.91 Å². The SMILES string of the molecule is COCCC(NC(=O)C(O)c1ccccc1)c1ccc(Cl)cc1. The van der Waals surface area contributed by atoms with E-state index in [9.17, 15) is 9.90 Å². The summed E-state index contributed by atoms with van der Waals surface area (Å²) >= 11 is 5.90. The molecule has 2 rings (SSSR count). The lowest BCUT2D eigenvalue weighted by molar-refractivity contribution is -0.130. The lowest BCUT2D eigenvalue weighted by Crippen LogP contribution is -2.33. The molecule has 122 valence electrons. The number of carbonyl (C=O) groups excluding carboxylic acids is 1. The molecule has 2 aromatic rings. The van der Waals surface area contributed by atoms with E-state index in [1.54, 1.807) is 43.5 Å². The standard InChI is InChI=1S/C18H20ClNO3/c1-23-12-11-16(13-7-9-15(19)10-8-13)20-18(22)17(21)14-5-3-2-4-6-14/h2-10,16-17,21H,11-12H2,1H3,(H,20,22). The summed E-state index contributed by atoms with van der Waals surface area (Å²) < 4.78 is 5.10. The maximum atomic E-state index is 12.3. The van der Waals surface area contributed by atoms with Crippen molar-refractivity contribution in [1.82, 2.24) is 5.32 Å². The van der Waals surface area contributed by atoms with Gasteiger partial charge in [-0.3, -0.25) is 4.79 Å². The van der Waals surface area contributed by atoms with Crippen molar-refractivity contribution in [2.24, 2.45) is 0 Å². The second-order valence-corrected chi connectivity index (χ2v) is 5.64. The van der Waals surface area contributed by atoms with Gasteiger partial charge in [-0.25, -0.2) is 0 Å². The van der Waals surface area contributed by atoms with E-state index in [4.69, 9.17) is 16.3 Å². The Balaban J connectivity index is 2.10. The second-order valence-electron chi connectivity index (χ2n) is 5.21. The molecule has 2 N–H and O–H groups in total. The summed E-state index contributed by atoms with van der Waals surface area (Å²) in [6.45, 7) is 0.495. The number of halogens is 1. The molecule has 0 saturated carbocycles. The number of aliphatic hydroxyl groups excluding tert-OH is 1. The molecule has 0 heterocycles. The molecular weight excluding hydrogens is 314 g/mol. The number of rotatable bonds is 7. The number of benzene rings is 2. The third-order valence-corrected chi connectivity index (χ3v) is 3.82. The monoisotopic (exact) mass is 333 g/mol. The zero-order valence-corrected chi connectivity index (χ0v) is 13.7. The van der Waals surface area contributed by atoms with Crippen LogP contribution >= 0.6 is 11.6 Å². The van der Waals surface area contributed by atoms with Gasteiger partial charge in [-0.1, -0.05) is 54.1 Å². The number of nitrogens with one attached hydrogen (secondary N) is 1. The molecule has 2 aromatic carbocycles. The van der Waals surface area contributed by atoms with Gasteiger partial charge in [0.1, 0.15) is 0 Å². The summed E-state index contributed by atoms with van der Waals surface area (Å²) in [7, 11) is 1.61. The van der Waals surface area contributed by atoms with E-state index in [2.05, 4.69) is 5.32 Å². The van der Waals surface area contributed by atoms with Crippen LogP contribution in [0.2, 0.25) is 5.02 Å². The molecule has 0 fully saturated rings. The largest absolute Gasteiger partial charge is 0.385 e. The highest BCUT2D eigenvalue weighted by Crippen LogP contribution is 2.21. The summed E-state index contributed by atoms with van der Waals surface area (Å²) in [5.41, 5.74) is 1.48. The average molecular weight is 334 g/mol. The number of ether oxygens (including phenoxy) is 1. The molecule has 4 nitrogen and oxygen atoms in total. The van der Waals surface area contributed by atoms with Crippen molar-refractivity contribution in [3.8, 4) is 0 Å². The maximum Gasteiger partial charge on any atom is 0.253 e. The van der Waals surface area contributed by atoms with Gasteiger partial charge in [0.05, 0.1) is 6.04 Å². The molecule has 5 heteroatoms. The number of hydrogen-bond donors (Lipinski definition) is 2. The van der Waals surface area contributed by atoms with Crippen molar-refractivity contribution in [3.05, 3.63) is 70.7 Å². The van der Waals surface area contributed by atoms with Crippen molar-refractivity contribution in [2.45, 2.75) is 18.6 Å². The van der Waals surface area contributed by atoms with Gasteiger partial charge in [-0.15, -0.1) is 0 Å². The van der Waals surface area contributed by atoms with Gasteiger partial charge in [0, 0.05) is 18.7 Å². The Bertz CT molecular complexity index is 616. The van der Waals surface area contributed by atoms with Crippen LogP contribution < -0.4 is 5.32 Å². The van der Waals surface area contributed by atoms with E-state index in [0.29, 0.717) is 23.6 Å². The number of carbonyl (C=O) groups is 1. The Morgan fingerprint density at radius 1 is 1.13 bits per heavy atom. The topological polar surface area (TPSA) is 58.6 Å². The number of amides is 1. The van der Waals surface area contributed by atoms with Crippen LogP contribution in [0.3, 0.4) is 0 Å². The first-order valence-corrected chi connectivity index (χ1v) is 7.77. The molecule has 0 aliphatic heterocycles. The molecule has 0 bridgehead atoms. The fourth-order valence-electron chi connectivity index (χ4n) is 2.29. The number of methoxy groups -OCH3 is 1. The minimum Gasteiger partial charge on any atom is -0.385 e. The molecule has 1 amide bonds. The number of hydrogen-bond acceptors (Lipinski definition) is 3. The molecule has 0 aliphatic rings. The fraction of sp³-hybridized carbons (Fsp3) is 0.278. The quantitative estimate of drug-likeness (QED) is 0.817. The fourth-order valence-corrected chi connectivity index (χ4v) is 2.42. The van der Waals surface area contributed by atoms with E-state index in [1.165, 1.54) is 0 Å². The van der Waals surface area contributed by atoms with Crippen LogP contribution in [0.5, 0.6) is 0 Å². The van der Waals surface area contributed by atoms with E-state index < -0.39 is 12.0 Å². The zero-order valence-electron chi connectivity index (χ0n) is 12.9. The Morgan fingerprint density at radius 3 is 2.39 bits per heavy atom. The van der Waals surface area contributed by atoms with E-state index >= 15 is 0 Å². The van der Waals surface area contributed by atoms with Gasteiger partial charge in [-0.05, 0) is 29.7 Å². The summed E-state index contributed by atoms with van der Waals surface area (Å²) in [5.74, 6) is -0.438. The molecule has 0 spiro atoms. The summed E-state index contributed by atoms with van der Waals surface area (Å²) in [4.78, 5) is 12.3. The maximum absolute atomic E-state index is 12.3. The minimum absolute atomic E-state index is 0.252. The van der Waals surface area contributed by atoms with Crippen molar-refractivity contribution in [2.75, 3.05) is 13.7 Å². The predicted molar refractivity (Wildman–Crippen MR) is 90.2 cm³/mol. The highest BCUT2D eigenvalue weighted by atomic mass is 35.5. The highest BCUT2D eigenvalue weighted by molar-refractivity contribution is 6.30. The normalized spacial score (nSPS) is 13.3. The molecule has 2 atom stereocenters. The molecule has 2 unspecified atom stereocenters. The first-order valence-electron chi connectivity index (χ1n) is 7.39. The zero-order chi connectivity index (χ0) is 16.7. The third kappa shape index (κ3) is 5.06. The smallest absolute Gasteiger partial charge is 0.253 e. The van der Waals surface area contributed by atoms with Gasteiger partial charge in [0.2, 0.25) is 0 Å². The van der Waals surface area contributed by atoms with Crippen LogP contribution in [-0.2, 0) is 9.53 Å². The second kappa shape index (κ2) is 8.67. The lowest BCUT2D eigenvalue weighted by Gasteiger charge is -2.21. The molecule has 0 radical (unpaired) electrons. The molecule has 0 aliphatic carbocycles. The summed E-state index contributed by atoms with van der Waals surface area (Å²) in [5, 5.41) is 13.7. The van der Waals surface area contributed by atoms with Crippen LogP contribution in [0.25, 0.3) is 0 Å². The van der Waals surface area contributed by atoms with Gasteiger partial charge in [-0.2, -0.15) is 0 Å². The number of aliphatic hydroxyl groups is 1. The van der Waals surface area contributed by atoms with Crippen molar-refractivity contribution in [3.63, 3.8) is 0 Å². The first-order chi connectivity index (χ1) is 11.1.